The van der Waals surface area contributed by atoms with E-state index in [2.05, 4.69) is 38.1 Å². The lowest BCUT2D eigenvalue weighted by atomic mass is 10.0. The van der Waals surface area contributed by atoms with Crippen LogP contribution in [-0.2, 0) is 0 Å². The van der Waals surface area contributed by atoms with Crippen molar-refractivity contribution in [2.75, 3.05) is 0 Å². The van der Waals surface area contributed by atoms with Gasteiger partial charge in [0.1, 0.15) is 5.52 Å². The van der Waals surface area contributed by atoms with E-state index >= 15 is 0 Å². The smallest absolute Gasteiger partial charge is 0.204 e. The van der Waals surface area contributed by atoms with Crippen molar-refractivity contribution >= 4 is 23.1 Å². The number of aromatic nitrogens is 2. The summed E-state index contributed by atoms with van der Waals surface area (Å²) in [5.74, 6) is 0. The number of para-hydroxylation sites is 1. The third kappa shape index (κ3) is 3.32. The lowest BCUT2D eigenvalue weighted by molar-refractivity contribution is 0.902. The van der Waals surface area contributed by atoms with Gasteiger partial charge >= 0.3 is 0 Å². The number of benzene rings is 2. The van der Waals surface area contributed by atoms with E-state index in [1.807, 2.05) is 48.5 Å². The Morgan fingerprint density at radius 1 is 0.852 bits per heavy atom. The molecule has 0 unspecified atom stereocenters. The molecule has 1 aromatic heterocycles. The predicted molar refractivity (Wildman–Crippen MR) is 112 cm³/mol. The highest BCUT2D eigenvalue weighted by atomic mass is 16.1. The second kappa shape index (κ2) is 7.04. The Balaban J connectivity index is 1.92. The van der Waals surface area contributed by atoms with Crippen LogP contribution in [0, 0.1) is 13.8 Å². The van der Waals surface area contributed by atoms with Crippen molar-refractivity contribution in [3.8, 4) is 5.69 Å². The molecule has 0 aliphatic rings. The van der Waals surface area contributed by atoms with E-state index in [1.54, 1.807) is 16.8 Å². The molecule has 3 nitrogen and oxygen atoms in total. The maximum absolute atomic E-state index is 12.7. The van der Waals surface area contributed by atoms with Crippen LogP contribution in [0.1, 0.15) is 22.4 Å². The number of nitrogens with zero attached hydrogens (tertiary/aromatic N) is 2. The Labute approximate surface area is 158 Å². The van der Waals surface area contributed by atoms with Gasteiger partial charge in [0, 0.05) is 5.39 Å². The third-order valence-electron chi connectivity index (χ3n) is 4.65. The largest absolute Gasteiger partial charge is 0.288 e. The van der Waals surface area contributed by atoms with Crippen LogP contribution in [0.25, 0.3) is 28.7 Å². The van der Waals surface area contributed by atoms with Crippen LogP contribution < -0.4 is 5.43 Å². The lowest BCUT2D eigenvalue weighted by Gasteiger charge is -2.01. The van der Waals surface area contributed by atoms with E-state index in [1.165, 1.54) is 11.1 Å². The predicted octanol–water partition coefficient (Wildman–Crippen LogP) is 5.17. The zero-order valence-corrected chi connectivity index (χ0v) is 15.4. The Hall–Kier alpha value is -3.46. The Morgan fingerprint density at radius 2 is 1.59 bits per heavy atom. The third-order valence-corrected chi connectivity index (χ3v) is 4.65. The van der Waals surface area contributed by atoms with Crippen molar-refractivity contribution in [3.05, 3.63) is 105 Å². The first-order chi connectivity index (χ1) is 13.1. The van der Waals surface area contributed by atoms with Gasteiger partial charge in [-0.15, -0.1) is 0 Å². The van der Waals surface area contributed by atoms with Crippen LogP contribution in [0.4, 0.5) is 0 Å². The van der Waals surface area contributed by atoms with Gasteiger partial charge in [0.05, 0.1) is 11.4 Å². The van der Waals surface area contributed by atoms with Crippen molar-refractivity contribution in [2.24, 2.45) is 0 Å². The van der Waals surface area contributed by atoms with Gasteiger partial charge in [0.25, 0.3) is 0 Å². The van der Waals surface area contributed by atoms with Gasteiger partial charge in [0.15, 0.2) is 0 Å². The Kier molecular flexibility index (Phi) is 4.43. The highest BCUT2D eigenvalue weighted by Gasteiger charge is 2.12. The van der Waals surface area contributed by atoms with Crippen LogP contribution in [0.2, 0.25) is 0 Å². The molecule has 0 spiro atoms. The molecule has 0 amide bonds. The molecule has 0 aliphatic heterocycles. The van der Waals surface area contributed by atoms with E-state index in [0.717, 1.165) is 22.3 Å². The fraction of sp³-hybridized carbons (Fsp3) is 0.0833. The summed E-state index contributed by atoms with van der Waals surface area (Å²) >= 11 is 0. The first kappa shape index (κ1) is 17.0. The average Bonchev–Trinajstić information content (AvgIpc) is 2.92. The van der Waals surface area contributed by atoms with E-state index in [4.69, 9.17) is 5.10 Å². The molecule has 4 rings (SSSR count). The van der Waals surface area contributed by atoms with Gasteiger partial charge < -0.3 is 0 Å². The topological polar surface area (TPSA) is 34.9 Å². The summed E-state index contributed by atoms with van der Waals surface area (Å²) in [4.78, 5) is 12.7. The van der Waals surface area contributed by atoms with Gasteiger partial charge in [-0.3, -0.25) is 4.79 Å². The normalized spacial score (nSPS) is 11.3. The van der Waals surface area contributed by atoms with Crippen molar-refractivity contribution in [1.82, 2.24) is 9.78 Å². The molecule has 3 heteroatoms. The van der Waals surface area contributed by atoms with E-state index in [0.29, 0.717) is 5.52 Å². The first-order valence-electron chi connectivity index (χ1n) is 8.96. The molecule has 0 atom stereocenters. The maximum atomic E-state index is 12.7. The molecule has 0 bridgehead atoms. The molecule has 0 N–H and O–H groups in total. The number of rotatable bonds is 3. The molecular formula is C24H20N2O. The number of aryl methyl sites for hydroxylation is 2. The highest BCUT2D eigenvalue weighted by molar-refractivity contribution is 5.90. The fourth-order valence-electron chi connectivity index (χ4n) is 3.28. The molecule has 27 heavy (non-hydrogen) atoms. The van der Waals surface area contributed by atoms with Crippen LogP contribution >= 0.6 is 0 Å². The van der Waals surface area contributed by atoms with Gasteiger partial charge in [-0.2, -0.15) is 5.10 Å². The van der Waals surface area contributed by atoms with Crippen molar-refractivity contribution in [1.29, 1.82) is 0 Å². The molecule has 0 fully saturated rings. The second-order valence-corrected chi connectivity index (χ2v) is 6.67. The summed E-state index contributed by atoms with van der Waals surface area (Å²) in [7, 11) is 0. The summed E-state index contributed by atoms with van der Waals surface area (Å²) < 4.78 is 1.74. The minimum absolute atomic E-state index is 0.0440. The molecule has 132 valence electrons. The van der Waals surface area contributed by atoms with Gasteiger partial charge in [-0.25, -0.2) is 4.68 Å². The zero-order valence-electron chi connectivity index (χ0n) is 15.4. The summed E-state index contributed by atoms with van der Waals surface area (Å²) in [5.41, 5.74) is 5.80. The maximum Gasteiger partial charge on any atom is 0.204 e. The van der Waals surface area contributed by atoms with Crippen LogP contribution in [-0.4, -0.2) is 9.78 Å². The number of hydrogen-bond acceptors (Lipinski definition) is 2. The van der Waals surface area contributed by atoms with Crippen molar-refractivity contribution in [2.45, 2.75) is 13.8 Å². The summed E-state index contributed by atoms with van der Waals surface area (Å²) in [6.45, 7) is 4.19. The zero-order chi connectivity index (χ0) is 18.8. The molecule has 0 saturated carbocycles. The van der Waals surface area contributed by atoms with Crippen LogP contribution in [0.5, 0.6) is 0 Å². The highest BCUT2D eigenvalue weighted by Crippen LogP contribution is 2.22. The van der Waals surface area contributed by atoms with Gasteiger partial charge in [-0.05, 0) is 49.2 Å². The average molecular weight is 352 g/mol. The Bertz CT molecular complexity index is 1200. The molecule has 0 aliphatic carbocycles. The van der Waals surface area contributed by atoms with E-state index in [9.17, 15) is 4.79 Å². The monoisotopic (exact) mass is 352 g/mol. The Morgan fingerprint density at radius 3 is 2.37 bits per heavy atom. The molecule has 3 aromatic carbocycles. The SMILES string of the molecule is Cc1ccc(C=Cc2nn(-c3ccccc3)c3c(=O)ccccc23)c(C)c1. The summed E-state index contributed by atoms with van der Waals surface area (Å²) in [5, 5.41) is 5.58. The van der Waals surface area contributed by atoms with Gasteiger partial charge in [-0.1, -0.05) is 66.2 Å². The van der Waals surface area contributed by atoms with E-state index in [-0.39, 0.29) is 5.43 Å². The quantitative estimate of drug-likeness (QED) is 0.510. The van der Waals surface area contributed by atoms with Crippen LogP contribution in [0.15, 0.2) is 77.6 Å². The lowest BCUT2D eigenvalue weighted by Crippen LogP contribution is -2.04. The number of fused-ring (bicyclic) bond motifs is 1. The molecule has 0 radical (unpaired) electrons. The first-order valence-corrected chi connectivity index (χ1v) is 8.96. The standard InChI is InChI=1S/C24H20N2O/c1-17-12-13-19(18(2)16-17)14-15-22-21-10-6-7-11-23(27)24(21)26(25-22)20-8-4-3-5-9-20/h3-16H,1-2H3. The summed E-state index contributed by atoms with van der Waals surface area (Å²) in [6, 6.07) is 23.3. The molecule has 0 saturated heterocycles. The second-order valence-electron chi connectivity index (χ2n) is 6.67. The number of hydrogen-bond donors (Lipinski definition) is 0. The van der Waals surface area contributed by atoms with E-state index < -0.39 is 0 Å². The molecular weight excluding hydrogens is 332 g/mol. The minimum atomic E-state index is -0.0440. The van der Waals surface area contributed by atoms with Crippen molar-refractivity contribution < 1.29 is 0 Å². The summed E-state index contributed by atoms with van der Waals surface area (Å²) in [6.07, 6.45) is 4.04. The minimum Gasteiger partial charge on any atom is -0.288 e. The molecule has 4 aromatic rings. The molecule has 1 heterocycles. The van der Waals surface area contributed by atoms with Gasteiger partial charge in [0.2, 0.25) is 5.43 Å². The van der Waals surface area contributed by atoms with Crippen LogP contribution in [0.3, 0.4) is 0 Å². The van der Waals surface area contributed by atoms with Crippen molar-refractivity contribution in [3.63, 3.8) is 0 Å². The fourth-order valence-corrected chi connectivity index (χ4v) is 3.28.